The second-order valence-electron chi connectivity index (χ2n) is 4.03. The van der Waals surface area contributed by atoms with Gasteiger partial charge in [0, 0.05) is 22.3 Å². The quantitative estimate of drug-likeness (QED) is 0.634. The van der Waals surface area contributed by atoms with E-state index in [0.29, 0.717) is 10.5 Å². The predicted molar refractivity (Wildman–Crippen MR) is 75.7 cm³/mol. The molecule has 21 heavy (non-hydrogen) atoms. The summed E-state index contributed by atoms with van der Waals surface area (Å²) in [6.45, 7) is 0. The van der Waals surface area contributed by atoms with Gasteiger partial charge in [0.15, 0.2) is 11.6 Å². The van der Waals surface area contributed by atoms with Gasteiger partial charge >= 0.3 is 0 Å². The Morgan fingerprint density at radius 3 is 2.24 bits per heavy atom. The van der Waals surface area contributed by atoms with Crippen molar-refractivity contribution in [1.29, 1.82) is 0 Å². The average Bonchev–Trinajstić information content (AvgIpc) is 2.39. The Hall–Kier alpha value is -1.74. The normalized spacial score (nSPS) is 11.4. The Morgan fingerprint density at radius 2 is 1.62 bits per heavy atom. The molecule has 0 aromatic heterocycles. The van der Waals surface area contributed by atoms with Gasteiger partial charge in [-0.1, -0.05) is 0 Å². The fourth-order valence-electron chi connectivity index (χ4n) is 1.49. The van der Waals surface area contributed by atoms with Crippen molar-refractivity contribution in [2.24, 2.45) is 0 Å². The van der Waals surface area contributed by atoms with E-state index in [1.807, 2.05) is 4.72 Å². The minimum atomic E-state index is -4.18. The van der Waals surface area contributed by atoms with Gasteiger partial charge in [-0.2, -0.15) is 0 Å². The topological polar surface area (TPSA) is 72.2 Å². The third-order valence-corrected chi connectivity index (χ3v) is 4.62. The first-order valence-electron chi connectivity index (χ1n) is 5.43. The van der Waals surface area contributed by atoms with Crippen LogP contribution < -0.4 is 10.5 Å². The van der Waals surface area contributed by atoms with Crippen LogP contribution in [0.4, 0.5) is 24.5 Å². The number of nitrogens with two attached hydrogens (primary N) is 1. The molecule has 0 fully saturated rings. The van der Waals surface area contributed by atoms with Crippen LogP contribution in [0, 0.1) is 17.5 Å². The summed E-state index contributed by atoms with van der Waals surface area (Å²) >= 11 is 3.10. The lowest BCUT2D eigenvalue weighted by Gasteiger charge is -2.10. The summed E-state index contributed by atoms with van der Waals surface area (Å²) in [5.41, 5.74) is 5.02. The summed E-state index contributed by atoms with van der Waals surface area (Å²) in [5.74, 6) is -4.02. The fourth-order valence-corrected chi connectivity index (χ4v) is 2.83. The lowest BCUT2D eigenvalue weighted by Crippen LogP contribution is -2.14. The molecule has 0 amide bonds. The van der Waals surface area contributed by atoms with Crippen molar-refractivity contribution < 1.29 is 21.6 Å². The van der Waals surface area contributed by atoms with Crippen molar-refractivity contribution in [3.8, 4) is 0 Å². The number of nitrogens with one attached hydrogen (secondary N) is 1. The molecule has 0 saturated carbocycles. The number of halogens is 4. The van der Waals surface area contributed by atoms with Crippen LogP contribution >= 0.6 is 15.9 Å². The Balaban J connectivity index is 2.42. The molecule has 0 aliphatic heterocycles. The molecule has 2 rings (SSSR count). The van der Waals surface area contributed by atoms with E-state index in [0.717, 1.165) is 6.07 Å². The van der Waals surface area contributed by atoms with Crippen molar-refractivity contribution in [1.82, 2.24) is 0 Å². The zero-order chi connectivity index (χ0) is 15.8. The van der Waals surface area contributed by atoms with E-state index in [2.05, 4.69) is 15.9 Å². The van der Waals surface area contributed by atoms with E-state index in [-0.39, 0.29) is 16.6 Å². The maximum atomic E-state index is 13.5. The first-order valence-corrected chi connectivity index (χ1v) is 7.71. The van der Waals surface area contributed by atoms with Crippen LogP contribution in [0.3, 0.4) is 0 Å². The fraction of sp³-hybridized carbons (Fsp3) is 0. The molecule has 4 nitrogen and oxygen atoms in total. The molecule has 0 radical (unpaired) electrons. The van der Waals surface area contributed by atoms with Crippen LogP contribution in [-0.2, 0) is 10.0 Å². The molecule has 112 valence electrons. The molecule has 2 aromatic rings. The Bertz CT molecular complexity index is 812. The first kappa shape index (κ1) is 15.6. The monoisotopic (exact) mass is 380 g/mol. The van der Waals surface area contributed by atoms with Crippen LogP contribution in [0.15, 0.2) is 39.7 Å². The van der Waals surface area contributed by atoms with Gasteiger partial charge in [-0.25, -0.2) is 21.6 Å². The first-order chi connectivity index (χ1) is 9.70. The zero-order valence-electron chi connectivity index (χ0n) is 10.2. The molecular weight excluding hydrogens is 373 g/mol. The molecule has 0 spiro atoms. The van der Waals surface area contributed by atoms with Gasteiger partial charge in [0.25, 0.3) is 10.0 Å². The molecule has 3 N–H and O–H groups in total. The van der Waals surface area contributed by atoms with Crippen molar-refractivity contribution >= 4 is 37.3 Å². The third-order valence-electron chi connectivity index (χ3n) is 2.53. The molecule has 2 aromatic carbocycles. The number of nitrogen functional groups attached to an aromatic ring is 1. The van der Waals surface area contributed by atoms with Crippen LogP contribution in [-0.4, -0.2) is 8.42 Å². The van der Waals surface area contributed by atoms with Gasteiger partial charge in [-0.05, 0) is 34.1 Å². The van der Waals surface area contributed by atoms with Gasteiger partial charge < -0.3 is 5.73 Å². The van der Waals surface area contributed by atoms with E-state index < -0.39 is 33.2 Å². The lowest BCUT2D eigenvalue weighted by atomic mass is 10.3. The highest BCUT2D eigenvalue weighted by Crippen LogP contribution is 2.26. The summed E-state index contributed by atoms with van der Waals surface area (Å²) in [6.07, 6.45) is 0. The minimum Gasteiger partial charge on any atom is -0.398 e. The zero-order valence-corrected chi connectivity index (χ0v) is 12.6. The molecule has 0 saturated heterocycles. The highest BCUT2D eigenvalue weighted by atomic mass is 79.9. The average molecular weight is 381 g/mol. The summed E-state index contributed by atoms with van der Waals surface area (Å²) in [7, 11) is -4.18. The van der Waals surface area contributed by atoms with Gasteiger partial charge in [0.1, 0.15) is 5.82 Å². The SMILES string of the molecule is Nc1cc(S(=O)(=O)Nc2cc(F)c(F)cc2F)ccc1Br. The van der Waals surface area contributed by atoms with Gasteiger partial charge in [0.2, 0.25) is 0 Å². The number of anilines is 2. The number of sulfonamides is 1. The van der Waals surface area contributed by atoms with Crippen LogP contribution in [0.25, 0.3) is 0 Å². The number of hydrogen-bond donors (Lipinski definition) is 2. The largest absolute Gasteiger partial charge is 0.398 e. The van der Waals surface area contributed by atoms with E-state index in [4.69, 9.17) is 5.73 Å². The maximum Gasteiger partial charge on any atom is 0.262 e. The molecule has 9 heteroatoms. The van der Waals surface area contributed by atoms with Crippen molar-refractivity contribution in [2.45, 2.75) is 4.90 Å². The number of hydrogen-bond acceptors (Lipinski definition) is 3. The molecule has 0 atom stereocenters. The Morgan fingerprint density at radius 1 is 1.00 bits per heavy atom. The van der Waals surface area contributed by atoms with E-state index in [1.54, 1.807) is 0 Å². The molecule has 0 bridgehead atoms. The second kappa shape index (κ2) is 5.57. The van der Waals surface area contributed by atoms with E-state index in [1.165, 1.54) is 12.1 Å². The lowest BCUT2D eigenvalue weighted by molar-refractivity contribution is 0.496. The summed E-state index contributed by atoms with van der Waals surface area (Å²) in [5, 5.41) is 0. The van der Waals surface area contributed by atoms with Gasteiger partial charge in [-0.3, -0.25) is 4.72 Å². The van der Waals surface area contributed by atoms with Crippen LogP contribution in [0.2, 0.25) is 0 Å². The van der Waals surface area contributed by atoms with Gasteiger partial charge in [0.05, 0.1) is 10.6 Å². The highest BCUT2D eigenvalue weighted by molar-refractivity contribution is 9.10. The maximum absolute atomic E-state index is 13.5. The molecule has 0 aliphatic carbocycles. The van der Waals surface area contributed by atoms with Gasteiger partial charge in [-0.15, -0.1) is 0 Å². The molecular formula is C12H8BrF3N2O2S. The summed E-state index contributed by atoms with van der Waals surface area (Å²) in [6, 6.07) is 4.43. The number of benzene rings is 2. The second-order valence-corrected chi connectivity index (χ2v) is 6.57. The molecule has 0 aliphatic rings. The van der Waals surface area contributed by atoms with Crippen molar-refractivity contribution in [3.05, 3.63) is 52.3 Å². The Kier molecular flexibility index (Phi) is 4.15. The summed E-state index contributed by atoms with van der Waals surface area (Å²) in [4.78, 5) is -0.243. The van der Waals surface area contributed by atoms with E-state index >= 15 is 0 Å². The smallest absolute Gasteiger partial charge is 0.262 e. The standard InChI is InChI=1S/C12H8BrF3N2O2S/c13-7-2-1-6(3-11(7)17)21(19,20)18-12-5-9(15)8(14)4-10(12)16/h1-5,18H,17H2. The predicted octanol–water partition coefficient (Wildman–Crippen LogP) is 3.25. The molecule has 0 heterocycles. The van der Waals surface area contributed by atoms with Crippen LogP contribution in [0.5, 0.6) is 0 Å². The summed E-state index contributed by atoms with van der Waals surface area (Å²) < 4.78 is 65.7. The highest BCUT2D eigenvalue weighted by Gasteiger charge is 2.19. The van der Waals surface area contributed by atoms with Crippen molar-refractivity contribution in [3.63, 3.8) is 0 Å². The van der Waals surface area contributed by atoms with Crippen molar-refractivity contribution in [2.75, 3.05) is 10.5 Å². The minimum absolute atomic E-state index is 0.156. The third kappa shape index (κ3) is 3.30. The van der Waals surface area contributed by atoms with Crippen LogP contribution in [0.1, 0.15) is 0 Å². The Labute approximate surface area is 127 Å². The van der Waals surface area contributed by atoms with E-state index in [9.17, 15) is 21.6 Å². The molecule has 0 unspecified atom stereocenters. The number of rotatable bonds is 3.